The zero-order valence-electron chi connectivity index (χ0n) is 15.2. The Bertz CT molecular complexity index is 641. The molecule has 0 radical (unpaired) electrons. The molecule has 1 N–H and O–H groups in total. The number of carbonyl (C=O) groups excluding carboxylic acids is 2. The quantitative estimate of drug-likeness (QED) is 0.871. The Hall–Kier alpha value is -2.08. The van der Waals surface area contributed by atoms with Gasteiger partial charge in [-0.05, 0) is 32.4 Å². The zero-order chi connectivity index (χ0) is 18.0. The molecule has 2 saturated heterocycles. The SMILES string of the molecule is Cc1ccccc1OC1CN(C(=O)CC2C(=O)NCCN2C(C)C)C1. The first-order valence-corrected chi connectivity index (χ1v) is 8.99. The molecule has 6 nitrogen and oxygen atoms in total. The Balaban J connectivity index is 1.51. The summed E-state index contributed by atoms with van der Waals surface area (Å²) in [6.45, 7) is 8.75. The Kier molecular flexibility index (Phi) is 5.27. The highest BCUT2D eigenvalue weighted by molar-refractivity contribution is 5.89. The summed E-state index contributed by atoms with van der Waals surface area (Å²) in [7, 11) is 0. The van der Waals surface area contributed by atoms with Crippen LogP contribution in [-0.2, 0) is 9.59 Å². The first kappa shape index (κ1) is 17.7. The number of aryl methyl sites for hydroxylation is 1. The maximum atomic E-state index is 12.5. The van der Waals surface area contributed by atoms with Crippen molar-refractivity contribution in [1.82, 2.24) is 15.1 Å². The number of likely N-dealkylation sites (tertiary alicyclic amines) is 1. The minimum atomic E-state index is -0.363. The van der Waals surface area contributed by atoms with Crippen LogP contribution in [0.5, 0.6) is 5.75 Å². The second kappa shape index (κ2) is 7.44. The van der Waals surface area contributed by atoms with E-state index in [2.05, 4.69) is 24.1 Å². The molecule has 0 aromatic heterocycles. The summed E-state index contributed by atoms with van der Waals surface area (Å²) in [5, 5.41) is 2.87. The van der Waals surface area contributed by atoms with Crippen LogP contribution in [0.3, 0.4) is 0 Å². The number of para-hydroxylation sites is 1. The smallest absolute Gasteiger partial charge is 0.237 e. The van der Waals surface area contributed by atoms with Gasteiger partial charge in [0.25, 0.3) is 0 Å². The molecular weight excluding hydrogens is 318 g/mol. The molecule has 2 amide bonds. The maximum absolute atomic E-state index is 12.5. The summed E-state index contributed by atoms with van der Waals surface area (Å²) in [4.78, 5) is 28.6. The van der Waals surface area contributed by atoms with Crippen LogP contribution in [0.2, 0.25) is 0 Å². The van der Waals surface area contributed by atoms with E-state index in [1.165, 1.54) is 0 Å². The Labute approximate surface area is 149 Å². The second-order valence-electron chi connectivity index (χ2n) is 7.15. The van der Waals surface area contributed by atoms with Crippen molar-refractivity contribution in [2.24, 2.45) is 0 Å². The lowest BCUT2D eigenvalue weighted by atomic mass is 10.0. The van der Waals surface area contributed by atoms with E-state index in [1.54, 1.807) is 4.90 Å². The van der Waals surface area contributed by atoms with Gasteiger partial charge in [-0.3, -0.25) is 14.5 Å². The van der Waals surface area contributed by atoms with Crippen molar-refractivity contribution in [3.8, 4) is 5.75 Å². The molecule has 0 aliphatic carbocycles. The summed E-state index contributed by atoms with van der Waals surface area (Å²) >= 11 is 0. The van der Waals surface area contributed by atoms with Gasteiger partial charge in [-0.2, -0.15) is 0 Å². The van der Waals surface area contributed by atoms with Crippen LogP contribution in [0, 0.1) is 6.92 Å². The minimum absolute atomic E-state index is 0.0253. The molecule has 2 heterocycles. The average Bonchev–Trinajstić information content (AvgIpc) is 2.53. The number of piperazine rings is 1. The van der Waals surface area contributed by atoms with E-state index in [4.69, 9.17) is 4.74 Å². The molecule has 2 fully saturated rings. The number of ether oxygens (including phenoxy) is 1. The lowest BCUT2D eigenvalue weighted by molar-refractivity contribution is -0.145. The van der Waals surface area contributed by atoms with Crippen molar-refractivity contribution < 1.29 is 14.3 Å². The van der Waals surface area contributed by atoms with Crippen molar-refractivity contribution in [2.45, 2.75) is 45.4 Å². The van der Waals surface area contributed by atoms with Gasteiger partial charge in [-0.1, -0.05) is 18.2 Å². The topological polar surface area (TPSA) is 61.9 Å². The van der Waals surface area contributed by atoms with E-state index in [0.717, 1.165) is 17.9 Å². The number of benzene rings is 1. The van der Waals surface area contributed by atoms with Crippen LogP contribution in [0.1, 0.15) is 25.8 Å². The summed E-state index contributed by atoms with van der Waals surface area (Å²) in [5.74, 6) is 0.858. The van der Waals surface area contributed by atoms with E-state index in [9.17, 15) is 9.59 Å². The molecule has 1 aromatic carbocycles. The fraction of sp³-hybridized carbons (Fsp3) is 0.579. The van der Waals surface area contributed by atoms with Crippen LogP contribution >= 0.6 is 0 Å². The molecule has 2 aliphatic heterocycles. The van der Waals surface area contributed by atoms with Crippen LogP contribution < -0.4 is 10.1 Å². The van der Waals surface area contributed by atoms with Crippen molar-refractivity contribution in [1.29, 1.82) is 0 Å². The van der Waals surface area contributed by atoms with Crippen molar-refractivity contribution in [3.63, 3.8) is 0 Å². The fourth-order valence-corrected chi connectivity index (χ4v) is 3.44. The number of rotatable bonds is 5. The number of carbonyl (C=O) groups is 2. The molecule has 0 spiro atoms. The third-order valence-electron chi connectivity index (χ3n) is 4.99. The van der Waals surface area contributed by atoms with Gasteiger partial charge in [0.15, 0.2) is 0 Å². The van der Waals surface area contributed by atoms with Crippen molar-refractivity contribution >= 4 is 11.8 Å². The Morgan fingerprint density at radius 1 is 1.32 bits per heavy atom. The first-order chi connectivity index (χ1) is 12.0. The summed E-state index contributed by atoms with van der Waals surface area (Å²) in [5.41, 5.74) is 1.10. The van der Waals surface area contributed by atoms with Gasteiger partial charge in [0, 0.05) is 19.1 Å². The average molecular weight is 345 g/mol. The van der Waals surface area contributed by atoms with Gasteiger partial charge in [-0.15, -0.1) is 0 Å². The number of hydrogen-bond acceptors (Lipinski definition) is 4. The Morgan fingerprint density at radius 3 is 2.72 bits per heavy atom. The third kappa shape index (κ3) is 3.95. The van der Waals surface area contributed by atoms with E-state index in [1.807, 2.05) is 31.2 Å². The molecule has 3 rings (SSSR count). The standard InChI is InChI=1S/C19H27N3O3/c1-13(2)22-9-8-20-19(24)16(22)10-18(23)21-11-15(12-21)25-17-7-5-4-6-14(17)3/h4-7,13,15-16H,8-12H2,1-3H3,(H,20,24). The van der Waals surface area contributed by atoms with E-state index < -0.39 is 0 Å². The van der Waals surface area contributed by atoms with Gasteiger partial charge in [0.2, 0.25) is 11.8 Å². The van der Waals surface area contributed by atoms with Gasteiger partial charge in [0.05, 0.1) is 25.6 Å². The predicted octanol–water partition coefficient (Wildman–Crippen LogP) is 1.18. The molecule has 1 atom stereocenters. The van der Waals surface area contributed by atoms with Gasteiger partial charge in [0.1, 0.15) is 11.9 Å². The number of hydrogen-bond donors (Lipinski definition) is 1. The first-order valence-electron chi connectivity index (χ1n) is 8.99. The predicted molar refractivity (Wildman–Crippen MR) is 95.4 cm³/mol. The lowest BCUT2D eigenvalue weighted by Gasteiger charge is -2.42. The molecule has 1 unspecified atom stereocenters. The third-order valence-corrected chi connectivity index (χ3v) is 4.99. The fourth-order valence-electron chi connectivity index (χ4n) is 3.44. The van der Waals surface area contributed by atoms with E-state index in [-0.39, 0.29) is 36.4 Å². The molecule has 0 bridgehead atoms. The molecule has 136 valence electrons. The minimum Gasteiger partial charge on any atom is -0.486 e. The number of nitrogens with one attached hydrogen (secondary N) is 1. The van der Waals surface area contributed by atoms with Crippen LogP contribution in [-0.4, -0.2) is 66.0 Å². The molecule has 1 aromatic rings. The molecule has 6 heteroatoms. The van der Waals surface area contributed by atoms with Gasteiger partial charge >= 0.3 is 0 Å². The summed E-state index contributed by atoms with van der Waals surface area (Å²) < 4.78 is 5.95. The van der Waals surface area contributed by atoms with E-state index >= 15 is 0 Å². The maximum Gasteiger partial charge on any atom is 0.237 e. The van der Waals surface area contributed by atoms with Crippen LogP contribution in [0.25, 0.3) is 0 Å². The highest BCUT2D eigenvalue weighted by Crippen LogP contribution is 2.23. The van der Waals surface area contributed by atoms with Crippen molar-refractivity contribution in [2.75, 3.05) is 26.2 Å². The molecule has 25 heavy (non-hydrogen) atoms. The molecular formula is C19H27N3O3. The lowest BCUT2D eigenvalue weighted by Crippen LogP contribution is -2.61. The number of amides is 2. The van der Waals surface area contributed by atoms with Crippen molar-refractivity contribution in [3.05, 3.63) is 29.8 Å². The molecule has 0 saturated carbocycles. The summed E-state index contributed by atoms with van der Waals surface area (Å²) in [6, 6.07) is 7.78. The highest BCUT2D eigenvalue weighted by atomic mass is 16.5. The van der Waals surface area contributed by atoms with Crippen LogP contribution in [0.15, 0.2) is 24.3 Å². The monoisotopic (exact) mass is 345 g/mol. The summed E-state index contributed by atoms with van der Waals surface area (Å²) in [6.07, 6.45) is 0.271. The van der Waals surface area contributed by atoms with Crippen LogP contribution in [0.4, 0.5) is 0 Å². The Morgan fingerprint density at radius 2 is 2.04 bits per heavy atom. The highest BCUT2D eigenvalue weighted by Gasteiger charge is 2.38. The van der Waals surface area contributed by atoms with Gasteiger partial charge < -0.3 is 15.0 Å². The molecule has 2 aliphatic rings. The van der Waals surface area contributed by atoms with E-state index in [0.29, 0.717) is 19.6 Å². The second-order valence-corrected chi connectivity index (χ2v) is 7.15. The number of nitrogens with zero attached hydrogens (tertiary/aromatic N) is 2. The van der Waals surface area contributed by atoms with Gasteiger partial charge in [-0.25, -0.2) is 0 Å². The largest absolute Gasteiger partial charge is 0.486 e. The zero-order valence-corrected chi connectivity index (χ0v) is 15.2. The normalized spacial score (nSPS) is 21.8.